The lowest BCUT2D eigenvalue weighted by Gasteiger charge is -2.03. The molecule has 284 valence electrons. The van der Waals surface area contributed by atoms with E-state index in [1.54, 1.807) is 6.08 Å². The Balaban J connectivity index is 0. The Morgan fingerprint density at radius 3 is 0.875 bits per heavy atom. The summed E-state index contributed by atoms with van der Waals surface area (Å²) in [7, 11) is 0. The van der Waals surface area contributed by atoms with Gasteiger partial charge in [0.2, 0.25) is 0 Å². The SMILES string of the molecule is CCCCCCCCCC/C=C\CCCCCCCCCC(=O)O.CCCCCCCCCCCCCCCCCCCC=CC(=O)O. The van der Waals surface area contributed by atoms with Crippen molar-refractivity contribution in [3.8, 4) is 0 Å². The average Bonchev–Trinajstić information content (AvgIpc) is 3.07. The molecule has 0 fully saturated rings. The maximum absolute atomic E-state index is 10.4. The van der Waals surface area contributed by atoms with E-state index >= 15 is 0 Å². The Labute approximate surface area is 300 Å². The molecule has 0 bridgehead atoms. The highest BCUT2D eigenvalue weighted by Gasteiger charge is 1.97. The molecule has 0 aliphatic heterocycles. The zero-order valence-corrected chi connectivity index (χ0v) is 32.5. The number of carboxylic acids is 2. The van der Waals surface area contributed by atoms with Crippen molar-refractivity contribution in [3.05, 3.63) is 24.3 Å². The highest BCUT2D eigenvalue weighted by Crippen LogP contribution is 2.15. The minimum atomic E-state index is -0.832. The lowest BCUT2D eigenvalue weighted by atomic mass is 10.0. The fourth-order valence-corrected chi connectivity index (χ4v) is 6.23. The smallest absolute Gasteiger partial charge is 0.327 e. The second kappa shape index (κ2) is 45.4. The van der Waals surface area contributed by atoms with Crippen molar-refractivity contribution in [1.29, 1.82) is 0 Å². The van der Waals surface area contributed by atoms with Crippen molar-refractivity contribution in [2.45, 2.75) is 245 Å². The fourth-order valence-electron chi connectivity index (χ4n) is 6.23. The van der Waals surface area contributed by atoms with Crippen molar-refractivity contribution in [2.75, 3.05) is 0 Å². The molecular weight excluding hydrogens is 592 g/mol. The van der Waals surface area contributed by atoms with Crippen LogP contribution < -0.4 is 0 Å². The summed E-state index contributed by atoms with van der Waals surface area (Å²) < 4.78 is 0. The molecule has 0 heterocycles. The second-order valence-electron chi connectivity index (χ2n) is 14.3. The van der Waals surface area contributed by atoms with E-state index in [0.717, 1.165) is 25.7 Å². The van der Waals surface area contributed by atoms with Gasteiger partial charge in [-0.2, -0.15) is 0 Å². The third-order valence-electron chi connectivity index (χ3n) is 9.39. The van der Waals surface area contributed by atoms with E-state index in [0.29, 0.717) is 6.42 Å². The first-order valence-electron chi connectivity index (χ1n) is 21.3. The van der Waals surface area contributed by atoms with Crippen LogP contribution in [0.4, 0.5) is 0 Å². The Morgan fingerprint density at radius 2 is 0.604 bits per heavy atom. The zero-order chi connectivity index (χ0) is 35.4. The molecule has 0 aliphatic rings. The normalized spacial score (nSPS) is 11.4. The summed E-state index contributed by atoms with van der Waals surface area (Å²) in [6.45, 7) is 4.56. The van der Waals surface area contributed by atoms with E-state index in [1.165, 1.54) is 205 Å². The number of carbonyl (C=O) groups is 2. The molecule has 0 unspecified atom stereocenters. The Kier molecular flexibility index (Phi) is 45.9. The highest BCUT2D eigenvalue weighted by atomic mass is 16.4. The van der Waals surface area contributed by atoms with Gasteiger partial charge in [-0.15, -0.1) is 0 Å². The summed E-state index contributed by atoms with van der Waals surface area (Å²) >= 11 is 0. The number of rotatable bonds is 38. The molecule has 4 nitrogen and oxygen atoms in total. The Bertz CT molecular complexity index is 683. The number of hydrogen-bond acceptors (Lipinski definition) is 2. The molecule has 0 aromatic rings. The lowest BCUT2D eigenvalue weighted by Crippen LogP contribution is -1.93. The van der Waals surface area contributed by atoms with Crippen molar-refractivity contribution in [3.63, 3.8) is 0 Å². The van der Waals surface area contributed by atoms with Crippen LogP contribution >= 0.6 is 0 Å². The van der Waals surface area contributed by atoms with Crippen LogP contribution in [-0.2, 0) is 9.59 Å². The molecule has 0 atom stereocenters. The molecule has 0 amide bonds. The molecule has 0 saturated heterocycles. The lowest BCUT2D eigenvalue weighted by molar-refractivity contribution is -0.137. The molecule has 0 rings (SSSR count). The third kappa shape index (κ3) is 51.3. The van der Waals surface area contributed by atoms with Crippen LogP contribution in [0.25, 0.3) is 0 Å². The predicted octanol–water partition coefficient (Wildman–Crippen LogP) is 15.3. The summed E-state index contributed by atoms with van der Waals surface area (Å²) in [6, 6.07) is 0. The topological polar surface area (TPSA) is 74.6 Å². The average molecular weight is 677 g/mol. The first-order valence-corrected chi connectivity index (χ1v) is 21.3. The minimum absolute atomic E-state index is 0.337. The van der Waals surface area contributed by atoms with Gasteiger partial charge in [-0.1, -0.05) is 212 Å². The fraction of sp³-hybridized carbons (Fsp3) is 0.864. The number of hydrogen-bond donors (Lipinski definition) is 2. The van der Waals surface area contributed by atoms with Crippen LogP contribution in [-0.4, -0.2) is 22.2 Å². The van der Waals surface area contributed by atoms with Crippen molar-refractivity contribution in [2.24, 2.45) is 0 Å². The number of unbranched alkanes of at least 4 members (excludes halogenated alkanes) is 32. The van der Waals surface area contributed by atoms with Crippen LogP contribution in [0.15, 0.2) is 24.3 Å². The highest BCUT2D eigenvalue weighted by molar-refractivity contribution is 5.79. The second-order valence-corrected chi connectivity index (χ2v) is 14.3. The van der Waals surface area contributed by atoms with E-state index in [9.17, 15) is 9.59 Å². The van der Waals surface area contributed by atoms with Crippen LogP contribution in [0.5, 0.6) is 0 Å². The zero-order valence-electron chi connectivity index (χ0n) is 32.5. The molecule has 48 heavy (non-hydrogen) atoms. The monoisotopic (exact) mass is 677 g/mol. The van der Waals surface area contributed by atoms with Crippen molar-refractivity contribution in [1.82, 2.24) is 0 Å². The van der Waals surface area contributed by atoms with E-state index in [1.807, 2.05) is 0 Å². The third-order valence-corrected chi connectivity index (χ3v) is 9.39. The molecule has 2 N–H and O–H groups in total. The number of aliphatic carboxylic acids is 2. The van der Waals surface area contributed by atoms with Gasteiger partial charge in [0, 0.05) is 12.5 Å². The van der Waals surface area contributed by atoms with Gasteiger partial charge < -0.3 is 10.2 Å². The Morgan fingerprint density at radius 1 is 0.354 bits per heavy atom. The van der Waals surface area contributed by atoms with Crippen LogP contribution in [0, 0.1) is 0 Å². The summed E-state index contributed by atoms with van der Waals surface area (Å²) in [4.78, 5) is 20.7. The first kappa shape index (κ1) is 48.5. The molecule has 0 aromatic carbocycles. The van der Waals surface area contributed by atoms with Gasteiger partial charge in [0.25, 0.3) is 0 Å². The maximum atomic E-state index is 10.4. The van der Waals surface area contributed by atoms with Crippen molar-refractivity contribution >= 4 is 11.9 Å². The van der Waals surface area contributed by atoms with Crippen LogP contribution in [0.3, 0.4) is 0 Å². The van der Waals surface area contributed by atoms with Crippen molar-refractivity contribution < 1.29 is 19.8 Å². The van der Waals surface area contributed by atoms with Crippen LogP contribution in [0.1, 0.15) is 245 Å². The van der Waals surface area contributed by atoms with Gasteiger partial charge in [-0.3, -0.25) is 4.79 Å². The number of allylic oxidation sites excluding steroid dienone is 3. The molecule has 0 spiro atoms. The van der Waals surface area contributed by atoms with Gasteiger partial charge in [0.15, 0.2) is 0 Å². The van der Waals surface area contributed by atoms with Gasteiger partial charge in [-0.25, -0.2) is 4.79 Å². The number of carboxylic acid groups (broad SMARTS) is 2. The van der Waals surface area contributed by atoms with Crippen LogP contribution in [0.2, 0.25) is 0 Å². The van der Waals surface area contributed by atoms with Gasteiger partial charge in [0.05, 0.1) is 0 Å². The molecule has 0 aromatic heterocycles. The summed E-state index contributed by atoms with van der Waals surface area (Å²) in [5.41, 5.74) is 0. The van der Waals surface area contributed by atoms with Gasteiger partial charge in [0.1, 0.15) is 0 Å². The van der Waals surface area contributed by atoms with E-state index < -0.39 is 11.9 Å². The Hall–Kier alpha value is -1.58. The largest absolute Gasteiger partial charge is 0.481 e. The minimum Gasteiger partial charge on any atom is -0.481 e. The standard InChI is InChI=1S/2C22H42O2/c2*1-2-3-4-5-6-7-8-9-10-11-12-13-14-15-16-17-18-19-20-21-22(23)24/h20-21H,2-19H2,1H3,(H,23,24);11-12H,2-10,13-21H2,1H3,(H,23,24)/b;12-11-. The molecular formula is C44H84O4. The predicted molar refractivity (Wildman–Crippen MR) is 211 cm³/mol. The van der Waals surface area contributed by atoms with E-state index in [-0.39, 0.29) is 0 Å². The molecule has 0 aliphatic carbocycles. The molecule has 0 saturated carbocycles. The summed E-state index contributed by atoms with van der Waals surface area (Å²) in [5, 5.41) is 17.0. The summed E-state index contributed by atoms with van der Waals surface area (Å²) in [6.07, 6.45) is 54.6. The quantitative estimate of drug-likeness (QED) is 0.0388. The first-order chi connectivity index (χ1) is 23.5. The summed E-state index contributed by atoms with van der Waals surface area (Å²) in [5.74, 6) is -1.49. The van der Waals surface area contributed by atoms with E-state index in [4.69, 9.17) is 10.2 Å². The van der Waals surface area contributed by atoms with Gasteiger partial charge >= 0.3 is 11.9 Å². The van der Waals surface area contributed by atoms with E-state index in [2.05, 4.69) is 26.0 Å². The molecule has 4 heteroatoms. The molecule has 0 radical (unpaired) electrons. The van der Waals surface area contributed by atoms with Gasteiger partial charge in [-0.05, 0) is 44.9 Å². The maximum Gasteiger partial charge on any atom is 0.327 e.